The van der Waals surface area contributed by atoms with Crippen LogP contribution in [0.2, 0.25) is 0 Å². The molecule has 3 aromatic carbocycles. The molecule has 0 radical (unpaired) electrons. The summed E-state index contributed by atoms with van der Waals surface area (Å²) in [5, 5.41) is 0. The van der Waals surface area contributed by atoms with E-state index in [1.54, 1.807) is 17.0 Å². The summed E-state index contributed by atoms with van der Waals surface area (Å²) < 4.78 is 39.6. The van der Waals surface area contributed by atoms with Crippen LogP contribution in [0.1, 0.15) is 44.6 Å². The second-order valence-corrected chi connectivity index (χ2v) is 9.82. The number of fused-ring (bicyclic) bond motifs is 4. The van der Waals surface area contributed by atoms with Gasteiger partial charge in [-0.3, -0.25) is 9.59 Å². The molecule has 0 saturated carbocycles. The van der Waals surface area contributed by atoms with Crippen LogP contribution >= 0.6 is 0 Å². The third kappa shape index (κ3) is 4.04. The lowest BCUT2D eigenvalue weighted by molar-refractivity contribution is -0.137. The highest BCUT2D eigenvalue weighted by atomic mass is 19.4. The molecule has 0 N–H and O–H groups in total. The number of carbonyl (C=O) groups is 2. The normalized spacial score (nSPS) is 21.3. The Morgan fingerprint density at radius 3 is 2.27 bits per heavy atom. The Morgan fingerprint density at radius 2 is 1.51 bits per heavy atom. The van der Waals surface area contributed by atoms with Gasteiger partial charge in [-0.1, -0.05) is 48.5 Å². The van der Waals surface area contributed by atoms with E-state index in [1.807, 2.05) is 46.2 Å². The topological polar surface area (TPSA) is 43.9 Å². The van der Waals surface area contributed by atoms with Crippen LogP contribution in [-0.4, -0.2) is 54.3 Å². The molecule has 0 bridgehead atoms. The number of hydrogen-bond acceptors (Lipinski definition) is 3. The minimum absolute atomic E-state index is 0.0460. The number of carbonyl (C=O) groups excluding carboxylic acids is 2. The number of halogens is 3. The summed E-state index contributed by atoms with van der Waals surface area (Å²) in [6.07, 6.45) is -3.65. The summed E-state index contributed by atoms with van der Waals surface area (Å²) in [4.78, 5) is 33.1. The van der Waals surface area contributed by atoms with Gasteiger partial charge in [0.25, 0.3) is 5.91 Å². The fraction of sp³-hybridized carbons (Fsp3) is 0.310. The second kappa shape index (κ2) is 8.94. The third-order valence-corrected chi connectivity index (χ3v) is 7.83. The van der Waals surface area contributed by atoms with Crippen molar-refractivity contribution in [1.29, 1.82) is 0 Å². The Labute approximate surface area is 213 Å². The van der Waals surface area contributed by atoms with Gasteiger partial charge in [0.05, 0.1) is 17.5 Å². The van der Waals surface area contributed by atoms with Gasteiger partial charge >= 0.3 is 6.18 Å². The van der Waals surface area contributed by atoms with E-state index < -0.39 is 17.7 Å². The summed E-state index contributed by atoms with van der Waals surface area (Å²) >= 11 is 0. The predicted octanol–water partition coefficient (Wildman–Crippen LogP) is 4.89. The first-order valence-electron chi connectivity index (χ1n) is 12.5. The Bertz CT molecular complexity index is 1360. The van der Waals surface area contributed by atoms with Gasteiger partial charge in [-0.25, -0.2) is 0 Å². The van der Waals surface area contributed by atoms with E-state index in [0.717, 1.165) is 35.2 Å². The highest BCUT2D eigenvalue weighted by Gasteiger charge is 2.47. The van der Waals surface area contributed by atoms with Crippen molar-refractivity contribution in [3.05, 3.63) is 101 Å². The third-order valence-electron chi connectivity index (χ3n) is 7.83. The lowest BCUT2D eigenvalue weighted by Gasteiger charge is -2.47. The van der Waals surface area contributed by atoms with Gasteiger partial charge in [0, 0.05) is 44.0 Å². The number of alkyl halides is 3. The van der Waals surface area contributed by atoms with Gasteiger partial charge in [-0.2, -0.15) is 13.2 Å². The summed E-state index contributed by atoms with van der Waals surface area (Å²) in [7, 11) is 0. The molecule has 8 heteroatoms. The van der Waals surface area contributed by atoms with Crippen LogP contribution in [0.15, 0.2) is 72.8 Å². The highest BCUT2D eigenvalue weighted by molar-refractivity contribution is 6.01. The first kappa shape index (κ1) is 23.6. The number of amides is 2. The number of rotatable bonds is 2. The van der Waals surface area contributed by atoms with Gasteiger partial charge in [0.2, 0.25) is 5.91 Å². The molecule has 2 atom stereocenters. The van der Waals surface area contributed by atoms with Gasteiger partial charge < -0.3 is 14.7 Å². The van der Waals surface area contributed by atoms with Crippen LogP contribution in [-0.2, 0) is 17.4 Å². The van der Waals surface area contributed by atoms with E-state index >= 15 is 0 Å². The molecule has 0 aliphatic carbocycles. The van der Waals surface area contributed by atoms with E-state index in [0.29, 0.717) is 44.0 Å². The molecule has 0 aromatic heterocycles. The monoisotopic (exact) mass is 505 g/mol. The molecular weight excluding hydrogens is 479 g/mol. The van der Waals surface area contributed by atoms with Crippen molar-refractivity contribution in [2.45, 2.75) is 24.6 Å². The summed E-state index contributed by atoms with van der Waals surface area (Å²) in [6, 6.07) is 20.3. The molecule has 6 rings (SSSR count). The van der Waals surface area contributed by atoms with Crippen LogP contribution in [0.4, 0.5) is 18.9 Å². The van der Waals surface area contributed by atoms with Gasteiger partial charge in [-0.05, 0) is 47.4 Å². The fourth-order valence-electron chi connectivity index (χ4n) is 6.00. The van der Waals surface area contributed by atoms with Crippen LogP contribution < -0.4 is 4.90 Å². The molecule has 0 unspecified atom stereocenters. The number of anilines is 1. The largest absolute Gasteiger partial charge is 0.416 e. The number of nitrogens with zero attached hydrogens (tertiary/aromatic N) is 3. The maximum absolute atomic E-state index is 14.1. The SMILES string of the molecule is O=C([C@@H]1c2ccccc2C(=O)N2CCc3ccccc3[C@H]12)N1CCN(c2cccc(C(F)(F)F)c2)CC1. The zero-order valence-corrected chi connectivity index (χ0v) is 20.1. The Kier molecular flexibility index (Phi) is 5.70. The molecule has 1 saturated heterocycles. The molecule has 3 aliphatic heterocycles. The molecular formula is C29H26F3N3O2. The van der Waals surface area contributed by atoms with E-state index in [9.17, 15) is 22.8 Å². The van der Waals surface area contributed by atoms with E-state index in [1.165, 1.54) is 6.07 Å². The number of piperazine rings is 1. The van der Waals surface area contributed by atoms with E-state index in [2.05, 4.69) is 6.07 Å². The molecule has 190 valence electrons. The van der Waals surface area contributed by atoms with Gasteiger partial charge in [0.15, 0.2) is 0 Å². The number of benzene rings is 3. The van der Waals surface area contributed by atoms with Crippen LogP contribution in [0.5, 0.6) is 0 Å². The van der Waals surface area contributed by atoms with Crippen molar-refractivity contribution in [1.82, 2.24) is 9.80 Å². The Morgan fingerprint density at radius 1 is 0.811 bits per heavy atom. The second-order valence-electron chi connectivity index (χ2n) is 9.82. The van der Waals surface area contributed by atoms with Crippen molar-refractivity contribution in [3.63, 3.8) is 0 Å². The number of hydrogen-bond donors (Lipinski definition) is 0. The molecule has 1 fully saturated rings. The maximum Gasteiger partial charge on any atom is 0.416 e. The molecule has 37 heavy (non-hydrogen) atoms. The van der Waals surface area contributed by atoms with Crippen LogP contribution in [0.25, 0.3) is 0 Å². The first-order chi connectivity index (χ1) is 17.8. The Balaban J connectivity index is 1.29. The lowest BCUT2D eigenvalue weighted by atomic mass is 9.75. The summed E-state index contributed by atoms with van der Waals surface area (Å²) in [5.41, 5.74) is 3.31. The molecule has 2 amide bonds. The molecule has 3 aliphatic rings. The zero-order valence-electron chi connectivity index (χ0n) is 20.1. The van der Waals surface area contributed by atoms with Crippen LogP contribution in [0, 0.1) is 0 Å². The lowest BCUT2D eigenvalue weighted by Crippen LogP contribution is -2.54. The summed E-state index contributed by atoms with van der Waals surface area (Å²) in [5.74, 6) is -0.626. The first-order valence-corrected chi connectivity index (χ1v) is 12.5. The van der Waals surface area contributed by atoms with Crippen LogP contribution in [0.3, 0.4) is 0 Å². The average molecular weight is 506 g/mol. The van der Waals surface area contributed by atoms with Crippen molar-refractivity contribution in [2.24, 2.45) is 0 Å². The van der Waals surface area contributed by atoms with E-state index in [-0.39, 0.29) is 17.9 Å². The molecule has 3 aromatic rings. The van der Waals surface area contributed by atoms with Crippen molar-refractivity contribution in [3.8, 4) is 0 Å². The zero-order chi connectivity index (χ0) is 25.7. The standard InChI is InChI=1S/C29H26F3N3O2/c30-29(31,32)20-7-5-8-21(18-20)33-14-16-34(17-15-33)28(37)25-23-10-3-4-11-24(23)27(36)35-13-12-19-6-1-2-9-22(19)26(25)35/h1-11,18,25-26H,12-17H2/t25-,26-/m1/s1. The van der Waals surface area contributed by atoms with Crippen molar-refractivity contribution in [2.75, 3.05) is 37.6 Å². The minimum Gasteiger partial charge on any atom is -0.368 e. The summed E-state index contributed by atoms with van der Waals surface area (Å²) in [6.45, 7) is 2.23. The highest BCUT2D eigenvalue weighted by Crippen LogP contribution is 2.46. The maximum atomic E-state index is 14.1. The quantitative estimate of drug-likeness (QED) is 0.498. The molecule has 3 heterocycles. The fourth-order valence-corrected chi connectivity index (χ4v) is 6.00. The van der Waals surface area contributed by atoms with Crippen molar-refractivity contribution < 1.29 is 22.8 Å². The predicted molar refractivity (Wildman–Crippen MR) is 133 cm³/mol. The smallest absolute Gasteiger partial charge is 0.368 e. The average Bonchev–Trinajstić information content (AvgIpc) is 2.92. The van der Waals surface area contributed by atoms with Gasteiger partial charge in [-0.15, -0.1) is 0 Å². The molecule has 0 spiro atoms. The minimum atomic E-state index is -4.40. The van der Waals surface area contributed by atoms with Crippen molar-refractivity contribution >= 4 is 17.5 Å². The molecule has 5 nitrogen and oxygen atoms in total. The van der Waals surface area contributed by atoms with Gasteiger partial charge in [0.1, 0.15) is 0 Å². The van der Waals surface area contributed by atoms with E-state index in [4.69, 9.17) is 0 Å². The Hall–Kier alpha value is -3.81.